The molecule has 2 aromatic heterocycles. The van der Waals surface area contributed by atoms with Gasteiger partial charge < -0.3 is 19.1 Å². The van der Waals surface area contributed by atoms with Crippen LogP contribution in [0.4, 0.5) is 5.88 Å². The first-order valence-electron chi connectivity index (χ1n) is 9.39. The number of hydrogen-bond acceptors (Lipinski definition) is 6. The van der Waals surface area contributed by atoms with Crippen molar-refractivity contribution in [2.75, 3.05) is 31.1 Å². The lowest BCUT2D eigenvalue weighted by molar-refractivity contribution is 0.602. The summed E-state index contributed by atoms with van der Waals surface area (Å²) in [6.45, 7) is 3.52. The first-order valence-corrected chi connectivity index (χ1v) is 9.39. The number of anilines is 1. The van der Waals surface area contributed by atoms with E-state index in [2.05, 4.69) is 21.4 Å². The number of rotatable bonds is 2. The standard InChI is InChI=1S/2C11H10N2O/c1-2-4-10-9(3-1)7-11(14-10)13-6-5-12-8-13;1-2-4-9-8(3-1)7-10(14-9)11-12-5-6-13-11/h1-4,7-8H,5-6H2;1-4,7H,5-6H2,(H,12,13). The van der Waals surface area contributed by atoms with Crippen molar-refractivity contribution in [3.8, 4) is 0 Å². The van der Waals surface area contributed by atoms with E-state index in [1.54, 1.807) is 0 Å². The number of benzene rings is 2. The monoisotopic (exact) mass is 372 g/mol. The van der Waals surface area contributed by atoms with Crippen LogP contribution in [-0.2, 0) is 0 Å². The zero-order chi connectivity index (χ0) is 18.8. The second kappa shape index (κ2) is 7.23. The average molecular weight is 372 g/mol. The maximum atomic E-state index is 5.69. The summed E-state index contributed by atoms with van der Waals surface area (Å²) in [5.74, 6) is 2.59. The lowest BCUT2D eigenvalue weighted by Crippen LogP contribution is -2.18. The van der Waals surface area contributed by atoms with E-state index in [1.807, 2.05) is 65.8 Å². The zero-order valence-corrected chi connectivity index (χ0v) is 15.3. The van der Waals surface area contributed by atoms with Crippen LogP contribution in [0.3, 0.4) is 0 Å². The molecule has 0 aliphatic carbocycles. The van der Waals surface area contributed by atoms with Gasteiger partial charge in [-0.3, -0.25) is 9.98 Å². The van der Waals surface area contributed by atoms with Crippen LogP contribution in [0.15, 0.2) is 79.5 Å². The molecule has 2 aliphatic heterocycles. The molecule has 0 bridgehead atoms. The molecule has 6 nitrogen and oxygen atoms in total. The second-order valence-electron chi connectivity index (χ2n) is 6.64. The summed E-state index contributed by atoms with van der Waals surface area (Å²) in [5.41, 5.74) is 1.85. The van der Waals surface area contributed by atoms with Gasteiger partial charge in [-0.25, -0.2) is 0 Å². The normalized spacial score (nSPS) is 15.6. The van der Waals surface area contributed by atoms with Gasteiger partial charge in [-0.1, -0.05) is 36.4 Å². The van der Waals surface area contributed by atoms with Crippen LogP contribution in [0.5, 0.6) is 0 Å². The van der Waals surface area contributed by atoms with E-state index < -0.39 is 0 Å². The Hall–Kier alpha value is -3.54. The van der Waals surface area contributed by atoms with Gasteiger partial charge in [0, 0.05) is 29.9 Å². The van der Waals surface area contributed by atoms with Crippen molar-refractivity contribution in [1.29, 1.82) is 0 Å². The third-order valence-corrected chi connectivity index (χ3v) is 4.72. The maximum absolute atomic E-state index is 5.69. The Labute approximate surface area is 162 Å². The molecule has 140 valence electrons. The van der Waals surface area contributed by atoms with Gasteiger partial charge >= 0.3 is 0 Å². The summed E-state index contributed by atoms with van der Waals surface area (Å²) >= 11 is 0. The number of nitrogens with one attached hydrogen (secondary N) is 1. The van der Waals surface area contributed by atoms with Gasteiger partial charge in [0.05, 0.1) is 19.4 Å². The summed E-state index contributed by atoms with van der Waals surface area (Å²) in [4.78, 5) is 10.5. The first kappa shape index (κ1) is 16.6. The van der Waals surface area contributed by atoms with E-state index >= 15 is 0 Å². The number of hydrogen-bond donors (Lipinski definition) is 1. The minimum atomic E-state index is 0.837. The molecule has 4 aromatic rings. The van der Waals surface area contributed by atoms with Crippen molar-refractivity contribution < 1.29 is 8.83 Å². The Bertz CT molecular complexity index is 1110. The SMILES string of the molecule is C1=NCCN1c1cc2ccccc2o1.c1ccc2oc(C3=NCCN3)cc2c1. The van der Waals surface area contributed by atoms with Crippen LogP contribution in [0.2, 0.25) is 0 Å². The summed E-state index contributed by atoms with van der Waals surface area (Å²) in [6.07, 6.45) is 1.83. The van der Waals surface area contributed by atoms with E-state index in [-0.39, 0.29) is 0 Å². The fourth-order valence-electron chi connectivity index (χ4n) is 3.32. The van der Waals surface area contributed by atoms with Gasteiger partial charge in [0.1, 0.15) is 11.2 Å². The highest BCUT2D eigenvalue weighted by atomic mass is 16.4. The van der Waals surface area contributed by atoms with Crippen LogP contribution in [0.25, 0.3) is 21.9 Å². The molecule has 2 aliphatic rings. The first-order chi connectivity index (χ1) is 13.9. The van der Waals surface area contributed by atoms with Crippen LogP contribution in [-0.4, -0.2) is 38.4 Å². The predicted molar refractivity (Wildman–Crippen MR) is 113 cm³/mol. The van der Waals surface area contributed by atoms with Crippen LogP contribution in [0.1, 0.15) is 5.76 Å². The molecule has 0 radical (unpaired) electrons. The van der Waals surface area contributed by atoms with Crippen LogP contribution in [0, 0.1) is 0 Å². The van der Waals surface area contributed by atoms with Crippen molar-refractivity contribution in [2.45, 2.75) is 0 Å². The molecule has 0 amide bonds. The summed E-state index contributed by atoms with van der Waals surface area (Å²) in [6, 6.07) is 20.1. The molecule has 6 heteroatoms. The molecule has 0 fully saturated rings. The molecule has 0 unspecified atom stereocenters. The minimum Gasteiger partial charge on any atom is -0.453 e. The predicted octanol–water partition coefficient (Wildman–Crippen LogP) is 4.06. The lowest BCUT2D eigenvalue weighted by atomic mass is 10.2. The van der Waals surface area contributed by atoms with E-state index in [1.165, 1.54) is 0 Å². The molecule has 1 N–H and O–H groups in total. The van der Waals surface area contributed by atoms with Crippen LogP contribution < -0.4 is 10.2 Å². The highest BCUT2D eigenvalue weighted by Gasteiger charge is 2.13. The van der Waals surface area contributed by atoms with Gasteiger partial charge in [-0.05, 0) is 18.2 Å². The average Bonchev–Trinajstić information content (AvgIpc) is 3.54. The van der Waals surface area contributed by atoms with E-state index in [0.29, 0.717) is 0 Å². The minimum absolute atomic E-state index is 0.837. The third kappa shape index (κ3) is 3.24. The molecule has 0 saturated heterocycles. The molecular formula is C22H20N4O2. The number of amidine groups is 1. The number of nitrogens with zero attached hydrogens (tertiary/aromatic N) is 3. The smallest absolute Gasteiger partial charge is 0.201 e. The molecular weight excluding hydrogens is 352 g/mol. The summed E-state index contributed by atoms with van der Waals surface area (Å²) in [5, 5.41) is 5.46. The van der Waals surface area contributed by atoms with E-state index in [4.69, 9.17) is 8.83 Å². The zero-order valence-electron chi connectivity index (χ0n) is 15.3. The fraction of sp³-hybridized carbons (Fsp3) is 0.182. The summed E-state index contributed by atoms with van der Waals surface area (Å²) in [7, 11) is 0. The Kier molecular flexibility index (Phi) is 4.29. The van der Waals surface area contributed by atoms with E-state index in [0.717, 1.165) is 65.6 Å². The molecule has 4 heterocycles. The van der Waals surface area contributed by atoms with Gasteiger partial charge in [-0.15, -0.1) is 0 Å². The highest BCUT2D eigenvalue weighted by Crippen LogP contribution is 2.25. The lowest BCUT2D eigenvalue weighted by Gasteiger charge is -2.07. The Balaban J connectivity index is 0.000000122. The summed E-state index contributed by atoms with van der Waals surface area (Å²) < 4.78 is 11.3. The fourth-order valence-corrected chi connectivity index (χ4v) is 3.32. The van der Waals surface area contributed by atoms with Crippen molar-refractivity contribution in [1.82, 2.24) is 5.32 Å². The van der Waals surface area contributed by atoms with Crippen molar-refractivity contribution in [2.24, 2.45) is 9.98 Å². The number of fused-ring (bicyclic) bond motifs is 2. The Morgan fingerprint density at radius 1 is 0.857 bits per heavy atom. The molecule has 6 rings (SSSR count). The van der Waals surface area contributed by atoms with Gasteiger partial charge in [0.15, 0.2) is 11.6 Å². The largest absolute Gasteiger partial charge is 0.453 e. The quantitative estimate of drug-likeness (QED) is 0.576. The molecule has 28 heavy (non-hydrogen) atoms. The molecule has 0 atom stereocenters. The van der Waals surface area contributed by atoms with Crippen molar-refractivity contribution in [3.63, 3.8) is 0 Å². The maximum Gasteiger partial charge on any atom is 0.201 e. The Morgan fingerprint density at radius 3 is 2.25 bits per heavy atom. The number of aliphatic imine (C=N–C) groups is 2. The second-order valence-corrected chi connectivity index (χ2v) is 6.64. The molecule has 0 saturated carbocycles. The van der Waals surface area contributed by atoms with Gasteiger partial charge in [0.25, 0.3) is 0 Å². The van der Waals surface area contributed by atoms with Crippen molar-refractivity contribution in [3.05, 3.63) is 66.4 Å². The van der Waals surface area contributed by atoms with Gasteiger partial charge in [0.2, 0.25) is 5.88 Å². The number of para-hydroxylation sites is 2. The third-order valence-electron chi connectivity index (χ3n) is 4.72. The topological polar surface area (TPSA) is 66.3 Å². The van der Waals surface area contributed by atoms with E-state index in [9.17, 15) is 0 Å². The van der Waals surface area contributed by atoms with Gasteiger partial charge in [-0.2, -0.15) is 0 Å². The molecule has 2 aromatic carbocycles. The highest BCUT2D eigenvalue weighted by molar-refractivity contribution is 6.00. The van der Waals surface area contributed by atoms with Crippen molar-refractivity contribution >= 4 is 40.0 Å². The molecule has 0 spiro atoms. The number of furan rings is 2. The van der Waals surface area contributed by atoms with Crippen LogP contribution >= 0.6 is 0 Å². The Morgan fingerprint density at radius 2 is 1.61 bits per heavy atom.